The smallest absolute Gasteiger partial charge is 0.318 e. The van der Waals surface area contributed by atoms with Crippen LogP contribution in [0.1, 0.15) is 25.7 Å². The minimum absolute atomic E-state index is 0.00940. The van der Waals surface area contributed by atoms with Gasteiger partial charge in [0, 0.05) is 26.2 Å². The van der Waals surface area contributed by atoms with Crippen LogP contribution < -0.4 is 11.1 Å². The number of hydrogen-bond donors (Lipinski definition) is 2. The quantitative estimate of drug-likeness (QED) is 0.719. The number of carbonyl (C=O) groups is 1. The number of thiocarbonyl (C=S) groups is 1. The lowest BCUT2D eigenvalue weighted by atomic mass is 9.87. The number of likely N-dealkylation sites (tertiary alicyclic amines) is 2. The van der Waals surface area contributed by atoms with E-state index in [1.165, 1.54) is 0 Å². The number of nitrogens with zero attached hydrogens (tertiary/aromatic N) is 2. The number of carbonyl (C=O) groups excluding carboxylic acids is 1. The number of rotatable bonds is 2. The van der Waals surface area contributed by atoms with Crippen molar-refractivity contribution in [2.45, 2.75) is 31.2 Å². The minimum Gasteiger partial charge on any atom is -0.391 e. The topological polar surface area (TPSA) is 61.6 Å². The fourth-order valence-corrected chi connectivity index (χ4v) is 2.89. The van der Waals surface area contributed by atoms with Crippen molar-refractivity contribution < 1.29 is 4.79 Å². The van der Waals surface area contributed by atoms with Crippen LogP contribution in [0.2, 0.25) is 0 Å². The molecule has 0 aromatic heterocycles. The highest BCUT2D eigenvalue weighted by atomic mass is 32.1. The number of hydrogen-bond acceptors (Lipinski definition) is 3. The summed E-state index contributed by atoms with van der Waals surface area (Å²) in [6.07, 6.45) is 3.79. The molecule has 3 N–H and O–H groups in total. The molecule has 0 aliphatic carbocycles. The average molecular weight is 270 g/mol. The summed E-state index contributed by atoms with van der Waals surface area (Å²) < 4.78 is 0. The first-order chi connectivity index (χ1) is 8.53. The Morgan fingerprint density at radius 2 is 1.78 bits per heavy atom. The van der Waals surface area contributed by atoms with Crippen LogP contribution in [0, 0.1) is 0 Å². The first-order valence-electron chi connectivity index (χ1n) is 6.59. The minimum atomic E-state index is -0.485. The predicted molar refractivity (Wildman–Crippen MR) is 75.6 cm³/mol. The lowest BCUT2D eigenvalue weighted by molar-refractivity contribution is 0.175. The molecule has 0 saturated carbocycles. The predicted octanol–water partition coefficient (Wildman–Crippen LogP) is 0.542. The van der Waals surface area contributed by atoms with Gasteiger partial charge in [-0.15, -0.1) is 0 Å². The zero-order chi connectivity index (χ0) is 13.2. The molecule has 0 radical (unpaired) electrons. The third kappa shape index (κ3) is 2.75. The fourth-order valence-electron chi connectivity index (χ4n) is 2.64. The van der Waals surface area contributed by atoms with E-state index in [0.717, 1.165) is 51.9 Å². The Balaban J connectivity index is 2.01. The van der Waals surface area contributed by atoms with Crippen molar-refractivity contribution in [3.8, 4) is 0 Å². The van der Waals surface area contributed by atoms with Crippen molar-refractivity contribution in [3.63, 3.8) is 0 Å². The Morgan fingerprint density at radius 3 is 2.28 bits per heavy atom. The molecular weight excluding hydrogens is 248 g/mol. The summed E-state index contributed by atoms with van der Waals surface area (Å²) in [5.74, 6) is 0. The molecule has 2 heterocycles. The van der Waals surface area contributed by atoms with Crippen molar-refractivity contribution in [1.29, 1.82) is 0 Å². The second-order valence-electron chi connectivity index (χ2n) is 5.37. The van der Waals surface area contributed by atoms with Gasteiger partial charge in [0.1, 0.15) is 0 Å². The lowest BCUT2D eigenvalue weighted by Crippen LogP contribution is -2.63. The maximum atomic E-state index is 12.2. The molecule has 0 spiro atoms. The number of nitrogens with two attached hydrogens (primary N) is 1. The van der Waals surface area contributed by atoms with Crippen molar-refractivity contribution in [3.05, 3.63) is 0 Å². The summed E-state index contributed by atoms with van der Waals surface area (Å²) in [5, 5.41) is 3.09. The summed E-state index contributed by atoms with van der Waals surface area (Å²) in [5.41, 5.74) is 5.39. The van der Waals surface area contributed by atoms with Crippen LogP contribution in [0.25, 0.3) is 0 Å². The van der Waals surface area contributed by atoms with E-state index in [4.69, 9.17) is 18.0 Å². The molecule has 0 atom stereocenters. The highest BCUT2D eigenvalue weighted by Gasteiger charge is 2.39. The maximum absolute atomic E-state index is 12.2. The van der Waals surface area contributed by atoms with E-state index in [9.17, 15) is 4.79 Å². The van der Waals surface area contributed by atoms with E-state index >= 15 is 0 Å². The second kappa shape index (κ2) is 5.40. The molecule has 0 aromatic rings. The normalized spacial score (nSPS) is 23.9. The Kier molecular flexibility index (Phi) is 4.07. The van der Waals surface area contributed by atoms with Gasteiger partial charge in [-0.3, -0.25) is 0 Å². The van der Waals surface area contributed by atoms with Crippen LogP contribution in [-0.2, 0) is 0 Å². The van der Waals surface area contributed by atoms with Gasteiger partial charge in [0.05, 0.1) is 10.5 Å². The summed E-state index contributed by atoms with van der Waals surface area (Å²) in [7, 11) is 2.08. The Hall–Kier alpha value is -0.880. The van der Waals surface area contributed by atoms with Gasteiger partial charge in [0.15, 0.2) is 0 Å². The van der Waals surface area contributed by atoms with Crippen LogP contribution in [0.5, 0.6) is 0 Å². The van der Waals surface area contributed by atoms with E-state index < -0.39 is 5.54 Å². The molecule has 102 valence electrons. The van der Waals surface area contributed by atoms with E-state index in [2.05, 4.69) is 17.3 Å². The number of nitrogens with one attached hydrogen (secondary N) is 1. The third-order valence-electron chi connectivity index (χ3n) is 4.05. The van der Waals surface area contributed by atoms with Gasteiger partial charge in [0.25, 0.3) is 0 Å². The van der Waals surface area contributed by atoms with Crippen molar-refractivity contribution in [2.24, 2.45) is 5.73 Å². The van der Waals surface area contributed by atoms with Gasteiger partial charge >= 0.3 is 6.03 Å². The van der Waals surface area contributed by atoms with Gasteiger partial charge < -0.3 is 20.9 Å². The molecule has 2 fully saturated rings. The maximum Gasteiger partial charge on any atom is 0.318 e. The summed E-state index contributed by atoms with van der Waals surface area (Å²) in [6.45, 7) is 3.52. The number of amides is 2. The number of urea groups is 1. The molecule has 2 aliphatic rings. The SMILES string of the molecule is CN1CCC(NC(=O)N2CCCC2)(C(N)=S)CC1. The van der Waals surface area contributed by atoms with Gasteiger partial charge in [-0.2, -0.15) is 0 Å². The van der Waals surface area contributed by atoms with Crippen molar-refractivity contribution in [2.75, 3.05) is 33.2 Å². The Bertz CT molecular complexity index is 333. The standard InChI is InChI=1S/C12H22N4OS/c1-15-8-4-12(5-9-15,10(13)18)14-11(17)16-6-2-3-7-16/h2-9H2,1H3,(H2,13,18)(H,14,17). The van der Waals surface area contributed by atoms with Crippen LogP contribution in [0.4, 0.5) is 4.79 Å². The number of piperidine rings is 1. The molecule has 6 heteroatoms. The first kappa shape index (κ1) is 13.5. The molecule has 0 unspecified atom stereocenters. The lowest BCUT2D eigenvalue weighted by Gasteiger charge is -2.41. The van der Waals surface area contributed by atoms with Crippen molar-refractivity contribution in [1.82, 2.24) is 15.1 Å². The zero-order valence-electron chi connectivity index (χ0n) is 10.9. The van der Waals surface area contributed by atoms with Gasteiger partial charge in [0.2, 0.25) is 0 Å². The van der Waals surface area contributed by atoms with Crippen molar-refractivity contribution >= 4 is 23.2 Å². The third-order valence-corrected chi connectivity index (χ3v) is 4.44. The highest BCUT2D eigenvalue weighted by Crippen LogP contribution is 2.23. The zero-order valence-corrected chi connectivity index (χ0v) is 11.8. The fraction of sp³-hybridized carbons (Fsp3) is 0.833. The molecule has 18 heavy (non-hydrogen) atoms. The van der Waals surface area contributed by atoms with Gasteiger partial charge in [-0.25, -0.2) is 4.79 Å². The summed E-state index contributed by atoms with van der Waals surface area (Å²) >= 11 is 5.19. The highest BCUT2D eigenvalue weighted by molar-refractivity contribution is 7.80. The Labute approximate surface area is 114 Å². The average Bonchev–Trinajstić information content (AvgIpc) is 2.85. The van der Waals surface area contributed by atoms with Crippen LogP contribution in [-0.4, -0.2) is 59.6 Å². The van der Waals surface area contributed by atoms with Gasteiger partial charge in [-0.1, -0.05) is 12.2 Å². The molecule has 2 amide bonds. The van der Waals surface area contributed by atoms with E-state index in [0.29, 0.717) is 4.99 Å². The summed E-state index contributed by atoms with van der Waals surface area (Å²) in [6, 6.07) is -0.00940. The molecule has 2 rings (SSSR count). The first-order valence-corrected chi connectivity index (χ1v) is 7.00. The van der Waals surface area contributed by atoms with E-state index in [1.807, 2.05) is 4.90 Å². The molecule has 5 nitrogen and oxygen atoms in total. The molecule has 2 aliphatic heterocycles. The largest absolute Gasteiger partial charge is 0.391 e. The van der Waals surface area contributed by atoms with E-state index in [-0.39, 0.29) is 6.03 Å². The monoisotopic (exact) mass is 270 g/mol. The Morgan fingerprint density at radius 1 is 1.22 bits per heavy atom. The van der Waals surface area contributed by atoms with Crippen LogP contribution >= 0.6 is 12.2 Å². The molecule has 2 saturated heterocycles. The van der Waals surface area contributed by atoms with Crippen LogP contribution in [0.15, 0.2) is 0 Å². The second-order valence-corrected chi connectivity index (χ2v) is 5.81. The molecular formula is C12H22N4OS. The van der Waals surface area contributed by atoms with Gasteiger partial charge in [-0.05, 0) is 32.7 Å². The summed E-state index contributed by atoms with van der Waals surface area (Å²) in [4.78, 5) is 16.7. The molecule has 0 bridgehead atoms. The molecule has 0 aromatic carbocycles. The van der Waals surface area contributed by atoms with Crippen LogP contribution in [0.3, 0.4) is 0 Å². The van der Waals surface area contributed by atoms with E-state index in [1.54, 1.807) is 0 Å².